The van der Waals surface area contributed by atoms with Crippen molar-refractivity contribution in [1.29, 1.82) is 0 Å². The number of fused-ring (bicyclic) bond motifs is 3. The molecule has 0 aliphatic carbocycles. The number of pyridine rings is 1. The molecule has 8 nitrogen and oxygen atoms in total. The van der Waals surface area contributed by atoms with Crippen molar-refractivity contribution in [3.63, 3.8) is 0 Å². The van der Waals surface area contributed by atoms with Crippen LogP contribution in [0.25, 0.3) is 21.7 Å². The zero-order valence-electron chi connectivity index (χ0n) is 19.1. The molecule has 176 valence electrons. The van der Waals surface area contributed by atoms with Gasteiger partial charge >= 0.3 is 5.97 Å². The number of aromatic hydroxyl groups is 1. The van der Waals surface area contributed by atoms with E-state index in [9.17, 15) is 9.90 Å². The van der Waals surface area contributed by atoms with Crippen molar-refractivity contribution < 1.29 is 28.5 Å². The number of esters is 1. The number of rotatable bonds is 6. The molecule has 0 bridgehead atoms. The lowest BCUT2D eigenvalue weighted by molar-refractivity contribution is 0.0238. The smallest absolute Gasteiger partial charge is 0.342 e. The molecule has 2 aromatic heterocycles. The Bertz CT molecular complexity index is 1330. The summed E-state index contributed by atoms with van der Waals surface area (Å²) < 4.78 is 22.3. The third-order valence-corrected chi connectivity index (χ3v) is 6.24. The lowest BCUT2D eigenvalue weighted by atomic mass is 9.89. The van der Waals surface area contributed by atoms with E-state index in [0.29, 0.717) is 59.4 Å². The van der Waals surface area contributed by atoms with E-state index in [0.717, 1.165) is 5.56 Å². The van der Waals surface area contributed by atoms with Gasteiger partial charge in [0.05, 0.1) is 33.0 Å². The first kappa shape index (κ1) is 22.2. The number of nitrogens with zero attached hydrogens (tertiary/aromatic N) is 2. The van der Waals surface area contributed by atoms with Crippen molar-refractivity contribution in [3.05, 3.63) is 65.7 Å². The van der Waals surface area contributed by atoms with Gasteiger partial charge in [-0.3, -0.25) is 9.88 Å². The highest BCUT2D eigenvalue weighted by molar-refractivity contribution is 6.16. The van der Waals surface area contributed by atoms with Crippen LogP contribution in [0.15, 0.2) is 53.4 Å². The summed E-state index contributed by atoms with van der Waals surface area (Å²) in [7, 11) is 1.58. The van der Waals surface area contributed by atoms with Crippen LogP contribution in [0.4, 0.5) is 0 Å². The molecule has 1 N–H and O–H groups in total. The van der Waals surface area contributed by atoms with Crippen LogP contribution in [0.3, 0.4) is 0 Å². The first-order chi connectivity index (χ1) is 16.6. The minimum Gasteiger partial charge on any atom is -0.507 e. The lowest BCUT2D eigenvalue weighted by Crippen LogP contribution is -2.39. The van der Waals surface area contributed by atoms with E-state index in [1.807, 2.05) is 18.2 Å². The third kappa shape index (κ3) is 3.74. The molecule has 3 heterocycles. The summed E-state index contributed by atoms with van der Waals surface area (Å²) in [5.41, 5.74) is 2.32. The third-order valence-electron chi connectivity index (χ3n) is 6.24. The number of aromatic nitrogens is 1. The zero-order valence-corrected chi connectivity index (χ0v) is 19.1. The van der Waals surface area contributed by atoms with E-state index < -0.39 is 5.97 Å². The number of morpholine rings is 1. The molecule has 0 amide bonds. The molecule has 2 aromatic carbocycles. The topological polar surface area (TPSA) is 94.3 Å². The molecule has 0 radical (unpaired) electrons. The summed E-state index contributed by atoms with van der Waals surface area (Å²) in [6, 6.07) is 8.89. The van der Waals surface area contributed by atoms with Crippen LogP contribution in [-0.2, 0) is 9.47 Å². The second-order valence-corrected chi connectivity index (χ2v) is 8.08. The minimum atomic E-state index is -0.495. The van der Waals surface area contributed by atoms with Gasteiger partial charge in [0.15, 0.2) is 0 Å². The predicted molar refractivity (Wildman–Crippen MR) is 126 cm³/mol. The number of ether oxygens (including phenoxy) is 3. The van der Waals surface area contributed by atoms with Gasteiger partial charge in [-0.2, -0.15) is 0 Å². The molecule has 1 aliphatic heterocycles. The summed E-state index contributed by atoms with van der Waals surface area (Å²) in [6.07, 6.45) is 4.86. The van der Waals surface area contributed by atoms with E-state index in [1.54, 1.807) is 38.6 Å². The van der Waals surface area contributed by atoms with Crippen LogP contribution in [0.1, 0.15) is 34.5 Å². The van der Waals surface area contributed by atoms with Crippen LogP contribution >= 0.6 is 0 Å². The number of hydrogen-bond donors (Lipinski definition) is 1. The molecule has 0 saturated carbocycles. The van der Waals surface area contributed by atoms with Crippen molar-refractivity contribution in [2.24, 2.45) is 0 Å². The molecular weight excluding hydrogens is 436 g/mol. The number of benzene rings is 2. The Hall–Kier alpha value is -3.62. The number of carbonyl (C=O) groups is 1. The van der Waals surface area contributed by atoms with Crippen molar-refractivity contribution in [2.75, 3.05) is 40.0 Å². The average Bonchev–Trinajstić information content (AvgIpc) is 3.32. The molecule has 1 fully saturated rings. The highest BCUT2D eigenvalue weighted by Crippen LogP contribution is 2.47. The first-order valence-corrected chi connectivity index (χ1v) is 11.3. The van der Waals surface area contributed by atoms with Gasteiger partial charge in [0.2, 0.25) is 0 Å². The molecule has 34 heavy (non-hydrogen) atoms. The fourth-order valence-electron chi connectivity index (χ4n) is 4.70. The number of phenolic OH excluding ortho intramolecular Hbond substituents is 1. The fraction of sp³-hybridized carbons (Fsp3) is 0.308. The Morgan fingerprint density at radius 2 is 1.94 bits per heavy atom. The quantitative estimate of drug-likeness (QED) is 0.424. The average molecular weight is 463 g/mol. The largest absolute Gasteiger partial charge is 0.507 e. The summed E-state index contributed by atoms with van der Waals surface area (Å²) in [6.45, 7) is 4.46. The summed E-state index contributed by atoms with van der Waals surface area (Å²) >= 11 is 0. The maximum absolute atomic E-state index is 12.9. The van der Waals surface area contributed by atoms with Gasteiger partial charge in [0.25, 0.3) is 0 Å². The zero-order chi connectivity index (χ0) is 23.7. The first-order valence-electron chi connectivity index (χ1n) is 11.3. The van der Waals surface area contributed by atoms with Crippen LogP contribution in [0.2, 0.25) is 0 Å². The van der Waals surface area contributed by atoms with Gasteiger partial charge in [-0.1, -0.05) is 0 Å². The van der Waals surface area contributed by atoms with Crippen molar-refractivity contribution >= 4 is 27.7 Å². The second-order valence-electron chi connectivity index (χ2n) is 8.08. The lowest BCUT2D eigenvalue weighted by Gasteiger charge is -2.36. The van der Waals surface area contributed by atoms with Crippen LogP contribution < -0.4 is 4.74 Å². The standard InChI is InChI=1S/C26H26N2O6/c1-3-33-26(30)20-15-34-25-18-5-4-17(31-2)14-19(18)24(29)22(21(20)25)23(16-6-8-27-9-7-16)28-10-12-32-13-11-28/h4-9,14-15,23,29H,3,10-13H2,1-2H3. The molecule has 8 heteroatoms. The Labute approximate surface area is 196 Å². The van der Waals surface area contributed by atoms with E-state index in [-0.39, 0.29) is 24.0 Å². The van der Waals surface area contributed by atoms with E-state index in [1.165, 1.54) is 6.26 Å². The Kier molecular flexibility index (Phi) is 6.08. The molecule has 4 aromatic rings. The summed E-state index contributed by atoms with van der Waals surface area (Å²) in [5.74, 6) is 0.184. The van der Waals surface area contributed by atoms with Gasteiger partial charge in [-0.15, -0.1) is 0 Å². The fourth-order valence-corrected chi connectivity index (χ4v) is 4.70. The van der Waals surface area contributed by atoms with Crippen LogP contribution in [0.5, 0.6) is 11.5 Å². The maximum atomic E-state index is 12.9. The Morgan fingerprint density at radius 3 is 2.65 bits per heavy atom. The van der Waals surface area contributed by atoms with Gasteiger partial charge in [-0.05, 0) is 42.8 Å². The SMILES string of the molecule is CCOC(=O)c1coc2c1c(C(c1ccncc1)N1CCOCC1)c(O)c1cc(OC)ccc12. The van der Waals surface area contributed by atoms with Crippen molar-refractivity contribution in [1.82, 2.24) is 9.88 Å². The van der Waals surface area contributed by atoms with Crippen molar-refractivity contribution in [3.8, 4) is 11.5 Å². The minimum absolute atomic E-state index is 0.0710. The van der Waals surface area contributed by atoms with Gasteiger partial charge in [0.1, 0.15) is 28.9 Å². The van der Waals surface area contributed by atoms with Gasteiger partial charge in [-0.25, -0.2) is 4.79 Å². The monoisotopic (exact) mass is 462 g/mol. The van der Waals surface area contributed by atoms with E-state index >= 15 is 0 Å². The normalized spacial score (nSPS) is 15.5. The predicted octanol–water partition coefficient (Wildman–Crippen LogP) is 4.29. The van der Waals surface area contributed by atoms with Gasteiger partial charge in [0, 0.05) is 47.2 Å². The molecular formula is C26H26N2O6. The van der Waals surface area contributed by atoms with Crippen LogP contribution in [-0.4, -0.2) is 61.0 Å². The van der Waals surface area contributed by atoms with Gasteiger partial charge < -0.3 is 23.7 Å². The molecule has 1 aliphatic rings. The number of hydrogen-bond acceptors (Lipinski definition) is 8. The molecule has 1 atom stereocenters. The maximum Gasteiger partial charge on any atom is 0.342 e. The number of phenols is 1. The number of furan rings is 1. The molecule has 1 saturated heterocycles. The van der Waals surface area contributed by atoms with Crippen LogP contribution in [0, 0.1) is 0 Å². The Balaban J connectivity index is 1.87. The van der Waals surface area contributed by atoms with E-state index in [4.69, 9.17) is 18.6 Å². The number of methoxy groups -OCH3 is 1. The summed E-state index contributed by atoms with van der Waals surface area (Å²) in [4.78, 5) is 19.3. The van der Waals surface area contributed by atoms with E-state index in [2.05, 4.69) is 9.88 Å². The second kappa shape index (κ2) is 9.32. The number of carbonyl (C=O) groups excluding carboxylic acids is 1. The van der Waals surface area contributed by atoms with Crippen molar-refractivity contribution in [2.45, 2.75) is 13.0 Å². The molecule has 0 spiro atoms. The highest BCUT2D eigenvalue weighted by Gasteiger charge is 2.33. The summed E-state index contributed by atoms with van der Waals surface area (Å²) in [5, 5.41) is 13.6. The molecule has 1 unspecified atom stereocenters. The highest BCUT2D eigenvalue weighted by atomic mass is 16.5. The Morgan fingerprint density at radius 1 is 1.18 bits per heavy atom. The molecule has 5 rings (SSSR count).